The maximum Gasteiger partial charge on any atom is 0.191 e. The van der Waals surface area contributed by atoms with E-state index in [0.29, 0.717) is 6.04 Å². The molecule has 1 fully saturated rings. The predicted molar refractivity (Wildman–Crippen MR) is 68.1 cm³/mol. The van der Waals surface area contributed by atoms with E-state index in [9.17, 15) is 4.91 Å². The highest BCUT2D eigenvalue weighted by Crippen LogP contribution is 2.22. The van der Waals surface area contributed by atoms with Gasteiger partial charge in [0.15, 0.2) is 6.23 Å². The van der Waals surface area contributed by atoms with Crippen LogP contribution in [0.25, 0.3) is 0 Å². The van der Waals surface area contributed by atoms with Crippen LogP contribution in [0.3, 0.4) is 0 Å². The number of ether oxygens (including phenoxy) is 1. The van der Waals surface area contributed by atoms with Gasteiger partial charge in [-0.2, -0.15) is 0 Å². The molecule has 3 atom stereocenters. The first-order chi connectivity index (χ1) is 7.63. The van der Waals surface area contributed by atoms with E-state index in [0.717, 1.165) is 12.8 Å². The molecule has 4 nitrogen and oxygen atoms in total. The van der Waals surface area contributed by atoms with Crippen molar-refractivity contribution in [3.8, 4) is 12.8 Å². The zero-order valence-corrected chi connectivity index (χ0v) is 11.0. The smallest absolute Gasteiger partial charge is 0.191 e. The van der Waals surface area contributed by atoms with E-state index in [1.807, 2.05) is 34.9 Å². The molecule has 0 aliphatic carbocycles. The Morgan fingerprint density at radius 1 is 1.25 bits per heavy atom. The van der Waals surface area contributed by atoms with E-state index < -0.39 is 6.23 Å². The van der Waals surface area contributed by atoms with Crippen LogP contribution in [0.15, 0.2) is 5.18 Å². The van der Waals surface area contributed by atoms with E-state index in [-0.39, 0.29) is 6.10 Å². The van der Waals surface area contributed by atoms with Crippen molar-refractivity contribution in [3.63, 3.8) is 0 Å². The summed E-state index contributed by atoms with van der Waals surface area (Å²) in [4.78, 5) is 12.4. The molecule has 0 aromatic carbocycles. The van der Waals surface area contributed by atoms with Gasteiger partial charge in [-0.05, 0) is 32.6 Å². The zero-order valence-electron chi connectivity index (χ0n) is 11.0. The minimum atomic E-state index is -0.443. The van der Waals surface area contributed by atoms with Crippen molar-refractivity contribution in [2.75, 3.05) is 14.1 Å². The van der Waals surface area contributed by atoms with E-state index in [4.69, 9.17) is 4.74 Å². The van der Waals surface area contributed by atoms with Gasteiger partial charge in [0.25, 0.3) is 0 Å². The van der Waals surface area contributed by atoms with Crippen molar-refractivity contribution in [2.45, 2.75) is 52.0 Å². The maximum atomic E-state index is 10.3. The summed E-state index contributed by atoms with van der Waals surface area (Å²) < 4.78 is 5.31. The Morgan fingerprint density at radius 2 is 1.75 bits per heavy atom. The maximum absolute atomic E-state index is 10.3. The summed E-state index contributed by atoms with van der Waals surface area (Å²) in [5.41, 5.74) is 0. The number of hydrogen-bond acceptors (Lipinski definition) is 4. The summed E-state index contributed by atoms with van der Waals surface area (Å²) in [7, 11) is 4.04. The SMILES string of the molecule is C#C.CC.CC1CC(N(C)C)CC(N=O)O1. The van der Waals surface area contributed by atoms with Crippen LogP contribution in [0.5, 0.6) is 0 Å². The molecule has 1 rings (SSSR count). The normalized spacial score (nSPS) is 28.1. The summed E-state index contributed by atoms with van der Waals surface area (Å²) in [6.07, 6.45) is 9.41. The van der Waals surface area contributed by atoms with Crippen LogP contribution in [0, 0.1) is 17.8 Å². The molecule has 94 valence electrons. The van der Waals surface area contributed by atoms with Gasteiger partial charge >= 0.3 is 0 Å². The molecule has 0 saturated carbocycles. The fourth-order valence-corrected chi connectivity index (χ4v) is 1.58. The molecule has 0 amide bonds. The standard InChI is InChI=1S/C8H16N2O2.C2H6.C2H2/c1-6-4-7(10(2)3)5-8(9-11)12-6;2*1-2/h6-8H,4-5H2,1-3H3;1-2H3;1-2H. The van der Waals surface area contributed by atoms with Crippen LogP contribution >= 0.6 is 0 Å². The minimum absolute atomic E-state index is 0.147. The summed E-state index contributed by atoms with van der Waals surface area (Å²) in [6, 6.07) is 0.427. The second kappa shape index (κ2) is 10.6. The Labute approximate surface area is 99.3 Å². The summed E-state index contributed by atoms with van der Waals surface area (Å²) in [5, 5.41) is 2.93. The van der Waals surface area contributed by atoms with E-state index in [1.54, 1.807) is 0 Å². The quantitative estimate of drug-likeness (QED) is 0.538. The number of nitroso groups, excluding NO2 is 1. The molecule has 0 spiro atoms. The zero-order chi connectivity index (χ0) is 13.1. The van der Waals surface area contributed by atoms with E-state index in [1.165, 1.54) is 0 Å². The Balaban J connectivity index is 0. The summed E-state index contributed by atoms with van der Waals surface area (Å²) in [5.74, 6) is 0. The Morgan fingerprint density at radius 3 is 2.12 bits per heavy atom. The predicted octanol–water partition coefficient (Wildman–Crippen LogP) is 2.48. The van der Waals surface area contributed by atoms with Crippen molar-refractivity contribution in [2.24, 2.45) is 5.18 Å². The molecule has 4 heteroatoms. The lowest BCUT2D eigenvalue weighted by Gasteiger charge is -2.34. The van der Waals surface area contributed by atoms with Crippen LogP contribution in [-0.2, 0) is 4.74 Å². The summed E-state index contributed by atoms with van der Waals surface area (Å²) >= 11 is 0. The molecule has 1 heterocycles. The third-order valence-electron chi connectivity index (χ3n) is 2.31. The van der Waals surface area contributed by atoms with Crippen molar-refractivity contribution < 1.29 is 4.74 Å². The van der Waals surface area contributed by atoms with Crippen molar-refractivity contribution in [3.05, 3.63) is 4.91 Å². The average molecular weight is 228 g/mol. The Kier molecular flexibility index (Phi) is 11.6. The van der Waals surface area contributed by atoms with E-state index >= 15 is 0 Å². The molecule has 0 aromatic rings. The van der Waals surface area contributed by atoms with Gasteiger partial charge in [0.1, 0.15) is 0 Å². The molecule has 0 N–H and O–H groups in total. The van der Waals surface area contributed by atoms with Crippen molar-refractivity contribution >= 4 is 0 Å². The Hall–Kier alpha value is -0.920. The first kappa shape index (κ1) is 17.5. The van der Waals surface area contributed by atoms with E-state index in [2.05, 4.69) is 22.9 Å². The molecule has 0 radical (unpaired) electrons. The van der Waals surface area contributed by atoms with Crippen LogP contribution in [0.4, 0.5) is 0 Å². The first-order valence-electron chi connectivity index (χ1n) is 5.61. The van der Waals surface area contributed by atoms with Crippen LogP contribution < -0.4 is 0 Å². The van der Waals surface area contributed by atoms with Crippen LogP contribution in [-0.4, -0.2) is 37.4 Å². The fraction of sp³-hybridized carbons (Fsp3) is 0.833. The van der Waals surface area contributed by atoms with Gasteiger partial charge < -0.3 is 9.64 Å². The molecule has 1 aliphatic heterocycles. The third-order valence-corrected chi connectivity index (χ3v) is 2.31. The second-order valence-electron chi connectivity index (χ2n) is 3.60. The number of hydrogen-bond donors (Lipinski definition) is 0. The minimum Gasteiger partial charge on any atom is -0.350 e. The van der Waals surface area contributed by atoms with Gasteiger partial charge in [-0.3, -0.25) is 0 Å². The molecule has 1 saturated heterocycles. The highest BCUT2D eigenvalue weighted by molar-refractivity contribution is 4.78. The molecule has 3 unspecified atom stereocenters. The highest BCUT2D eigenvalue weighted by atomic mass is 16.5. The topological polar surface area (TPSA) is 41.9 Å². The van der Waals surface area contributed by atoms with Gasteiger partial charge in [0.05, 0.1) is 6.10 Å². The van der Waals surface area contributed by atoms with Crippen LogP contribution in [0.1, 0.15) is 33.6 Å². The van der Waals surface area contributed by atoms with Gasteiger partial charge in [-0.1, -0.05) is 13.8 Å². The molecule has 0 bridgehead atoms. The lowest BCUT2D eigenvalue weighted by molar-refractivity contribution is -0.0630. The molecular weight excluding hydrogens is 204 g/mol. The number of nitrogens with zero attached hydrogens (tertiary/aromatic N) is 2. The highest BCUT2D eigenvalue weighted by Gasteiger charge is 2.28. The lowest BCUT2D eigenvalue weighted by Crippen LogP contribution is -2.40. The molecule has 1 aliphatic rings. The van der Waals surface area contributed by atoms with Gasteiger partial charge in [0, 0.05) is 12.5 Å². The Bertz CT molecular complexity index is 193. The average Bonchev–Trinajstić information content (AvgIpc) is 2.33. The monoisotopic (exact) mass is 228 g/mol. The lowest BCUT2D eigenvalue weighted by atomic mass is 10.0. The fourth-order valence-electron chi connectivity index (χ4n) is 1.58. The molecule has 16 heavy (non-hydrogen) atoms. The van der Waals surface area contributed by atoms with Gasteiger partial charge in [-0.15, -0.1) is 17.8 Å². The number of terminal acetylenes is 1. The van der Waals surface area contributed by atoms with Gasteiger partial charge in [-0.25, -0.2) is 0 Å². The third kappa shape index (κ3) is 6.54. The first-order valence-corrected chi connectivity index (χ1v) is 5.61. The summed E-state index contributed by atoms with van der Waals surface area (Å²) in [6.45, 7) is 5.98. The van der Waals surface area contributed by atoms with Crippen LogP contribution in [0.2, 0.25) is 0 Å². The molecular formula is C12H24N2O2. The van der Waals surface area contributed by atoms with Crippen molar-refractivity contribution in [1.29, 1.82) is 0 Å². The molecule has 0 aromatic heterocycles. The largest absolute Gasteiger partial charge is 0.350 e. The van der Waals surface area contributed by atoms with Crippen molar-refractivity contribution in [1.82, 2.24) is 4.90 Å². The van der Waals surface area contributed by atoms with Gasteiger partial charge in [0.2, 0.25) is 0 Å². The number of rotatable bonds is 2. The second-order valence-corrected chi connectivity index (χ2v) is 3.60.